The third-order valence-corrected chi connectivity index (χ3v) is 3.48. The normalized spacial score (nSPS) is 13.2. The highest BCUT2D eigenvalue weighted by molar-refractivity contribution is 5.09. The maximum absolute atomic E-state index is 12.8. The van der Waals surface area contributed by atoms with Gasteiger partial charge in [-0.15, -0.1) is 0 Å². The molecule has 1 atom stereocenters. The Morgan fingerprint density at radius 3 is 2.63 bits per heavy atom. The molecular weight excluding hydrogens is 241 g/mol. The third-order valence-electron chi connectivity index (χ3n) is 3.48. The fourth-order valence-corrected chi connectivity index (χ4v) is 1.91. The van der Waals surface area contributed by atoms with Crippen LogP contribution in [0.1, 0.15) is 45.3 Å². The molecule has 0 aliphatic heterocycles. The van der Waals surface area contributed by atoms with Gasteiger partial charge in [0.2, 0.25) is 0 Å². The molecule has 1 rings (SSSR count). The van der Waals surface area contributed by atoms with Crippen LogP contribution in [0.2, 0.25) is 0 Å². The molecule has 0 saturated heterocycles. The van der Waals surface area contributed by atoms with Crippen LogP contribution in [0.15, 0.2) is 18.3 Å². The Hall–Kier alpha value is -1.00. The van der Waals surface area contributed by atoms with E-state index >= 15 is 0 Å². The molecule has 0 spiro atoms. The standard InChI is InChI=1S/C15H26FN3/c1-5-14(15-8-7-13(16)11-18-15)17-9-6-10-19(4)12(2)3/h7-8,11-12,14,17H,5-6,9-10H2,1-4H3. The highest BCUT2D eigenvalue weighted by Gasteiger charge is 2.10. The van der Waals surface area contributed by atoms with Gasteiger partial charge in [0.05, 0.1) is 11.9 Å². The first-order valence-electron chi connectivity index (χ1n) is 7.09. The number of aromatic nitrogens is 1. The quantitative estimate of drug-likeness (QED) is 0.734. The molecule has 0 saturated carbocycles. The van der Waals surface area contributed by atoms with Crippen LogP contribution >= 0.6 is 0 Å². The number of nitrogens with one attached hydrogen (secondary N) is 1. The molecule has 0 bridgehead atoms. The van der Waals surface area contributed by atoms with Crippen LogP contribution in [0.25, 0.3) is 0 Å². The Balaban J connectivity index is 2.35. The summed E-state index contributed by atoms with van der Waals surface area (Å²) in [6.07, 6.45) is 3.34. The number of halogens is 1. The zero-order valence-corrected chi connectivity index (χ0v) is 12.5. The van der Waals surface area contributed by atoms with Crippen LogP contribution in [0, 0.1) is 5.82 Å². The zero-order valence-electron chi connectivity index (χ0n) is 12.5. The van der Waals surface area contributed by atoms with Gasteiger partial charge in [0.25, 0.3) is 0 Å². The van der Waals surface area contributed by atoms with E-state index in [1.807, 2.05) is 0 Å². The number of pyridine rings is 1. The second kappa shape index (κ2) is 8.23. The summed E-state index contributed by atoms with van der Waals surface area (Å²) < 4.78 is 12.8. The number of hydrogen-bond acceptors (Lipinski definition) is 3. The third kappa shape index (κ3) is 5.66. The van der Waals surface area contributed by atoms with E-state index in [1.54, 1.807) is 6.07 Å². The van der Waals surface area contributed by atoms with Crippen molar-refractivity contribution in [1.29, 1.82) is 0 Å². The largest absolute Gasteiger partial charge is 0.309 e. The van der Waals surface area contributed by atoms with Crippen molar-refractivity contribution >= 4 is 0 Å². The van der Waals surface area contributed by atoms with E-state index < -0.39 is 0 Å². The SMILES string of the molecule is CCC(NCCCN(C)C(C)C)c1ccc(F)cn1. The van der Waals surface area contributed by atoms with E-state index in [0.29, 0.717) is 6.04 Å². The number of rotatable bonds is 8. The van der Waals surface area contributed by atoms with Crippen LogP contribution in [-0.2, 0) is 0 Å². The highest BCUT2D eigenvalue weighted by atomic mass is 19.1. The van der Waals surface area contributed by atoms with Crippen LogP contribution < -0.4 is 5.32 Å². The van der Waals surface area contributed by atoms with Gasteiger partial charge in [-0.1, -0.05) is 6.92 Å². The van der Waals surface area contributed by atoms with Crippen LogP contribution in [0.4, 0.5) is 4.39 Å². The van der Waals surface area contributed by atoms with Crippen molar-refractivity contribution in [3.05, 3.63) is 29.8 Å². The van der Waals surface area contributed by atoms with Gasteiger partial charge in [-0.05, 0) is 59.0 Å². The zero-order chi connectivity index (χ0) is 14.3. The second-order valence-electron chi connectivity index (χ2n) is 5.24. The Labute approximate surface area is 116 Å². The van der Waals surface area contributed by atoms with Gasteiger partial charge in [-0.25, -0.2) is 4.39 Å². The first-order valence-corrected chi connectivity index (χ1v) is 7.09. The van der Waals surface area contributed by atoms with Gasteiger partial charge in [0, 0.05) is 12.1 Å². The van der Waals surface area contributed by atoms with Gasteiger partial charge in [-0.3, -0.25) is 4.98 Å². The summed E-state index contributed by atoms with van der Waals surface area (Å²) in [5.74, 6) is -0.280. The van der Waals surface area contributed by atoms with Crippen LogP contribution in [-0.4, -0.2) is 36.1 Å². The van der Waals surface area contributed by atoms with Gasteiger partial charge in [0.15, 0.2) is 0 Å². The maximum atomic E-state index is 12.8. The Morgan fingerprint density at radius 1 is 1.37 bits per heavy atom. The molecule has 108 valence electrons. The van der Waals surface area contributed by atoms with Crippen LogP contribution in [0.5, 0.6) is 0 Å². The molecule has 1 aromatic rings. The van der Waals surface area contributed by atoms with E-state index in [4.69, 9.17) is 0 Å². The smallest absolute Gasteiger partial charge is 0.141 e. The Kier molecular flexibility index (Phi) is 6.95. The van der Waals surface area contributed by atoms with E-state index in [9.17, 15) is 4.39 Å². The Morgan fingerprint density at radius 2 is 2.11 bits per heavy atom. The van der Waals surface area contributed by atoms with E-state index in [2.05, 4.69) is 43.0 Å². The monoisotopic (exact) mass is 267 g/mol. The first kappa shape index (κ1) is 16.1. The molecule has 0 amide bonds. The average Bonchev–Trinajstić information content (AvgIpc) is 2.40. The van der Waals surface area contributed by atoms with E-state index in [1.165, 1.54) is 12.3 Å². The van der Waals surface area contributed by atoms with Gasteiger partial charge >= 0.3 is 0 Å². The van der Waals surface area contributed by atoms with Gasteiger partial charge in [-0.2, -0.15) is 0 Å². The number of nitrogens with zero attached hydrogens (tertiary/aromatic N) is 2. The lowest BCUT2D eigenvalue weighted by Crippen LogP contribution is -2.30. The molecule has 0 fully saturated rings. The van der Waals surface area contributed by atoms with Crippen molar-refractivity contribution in [3.8, 4) is 0 Å². The summed E-state index contributed by atoms with van der Waals surface area (Å²) in [6.45, 7) is 8.55. The van der Waals surface area contributed by atoms with Crippen molar-refractivity contribution in [2.75, 3.05) is 20.1 Å². The molecule has 0 radical (unpaired) electrons. The molecule has 4 heteroatoms. The summed E-state index contributed by atoms with van der Waals surface area (Å²) in [7, 11) is 2.14. The lowest BCUT2D eigenvalue weighted by Gasteiger charge is -2.22. The number of hydrogen-bond donors (Lipinski definition) is 1. The predicted molar refractivity (Wildman–Crippen MR) is 77.6 cm³/mol. The molecule has 1 N–H and O–H groups in total. The minimum atomic E-state index is -0.280. The van der Waals surface area contributed by atoms with Crippen molar-refractivity contribution in [2.24, 2.45) is 0 Å². The molecule has 19 heavy (non-hydrogen) atoms. The minimum absolute atomic E-state index is 0.213. The molecule has 1 unspecified atom stereocenters. The highest BCUT2D eigenvalue weighted by Crippen LogP contribution is 2.13. The first-order chi connectivity index (χ1) is 9.04. The molecular formula is C15H26FN3. The molecule has 3 nitrogen and oxygen atoms in total. The molecule has 1 heterocycles. The van der Waals surface area contributed by atoms with Gasteiger partial charge in [0.1, 0.15) is 5.82 Å². The maximum Gasteiger partial charge on any atom is 0.141 e. The van der Waals surface area contributed by atoms with Crippen molar-refractivity contribution in [1.82, 2.24) is 15.2 Å². The Bertz CT molecular complexity index is 351. The molecule has 0 aliphatic carbocycles. The van der Waals surface area contributed by atoms with Crippen molar-refractivity contribution in [2.45, 2.75) is 45.7 Å². The minimum Gasteiger partial charge on any atom is -0.309 e. The van der Waals surface area contributed by atoms with E-state index in [-0.39, 0.29) is 11.9 Å². The summed E-state index contributed by atoms with van der Waals surface area (Å²) in [6, 6.07) is 4.03. The average molecular weight is 267 g/mol. The molecule has 1 aromatic heterocycles. The van der Waals surface area contributed by atoms with Crippen LogP contribution in [0.3, 0.4) is 0 Å². The van der Waals surface area contributed by atoms with Gasteiger partial charge < -0.3 is 10.2 Å². The fourth-order valence-electron chi connectivity index (χ4n) is 1.91. The van der Waals surface area contributed by atoms with Crippen molar-refractivity contribution < 1.29 is 4.39 Å². The molecule has 0 aliphatic rings. The lowest BCUT2D eigenvalue weighted by molar-refractivity contribution is 0.267. The summed E-state index contributed by atoms with van der Waals surface area (Å²) in [5, 5.41) is 3.49. The fraction of sp³-hybridized carbons (Fsp3) is 0.667. The lowest BCUT2D eigenvalue weighted by atomic mass is 10.1. The topological polar surface area (TPSA) is 28.2 Å². The summed E-state index contributed by atoms with van der Waals surface area (Å²) >= 11 is 0. The summed E-state index contributed by atoms with van der Waals surface area (Å²) in [5.41, 5.74) is 0.918. The van der Waals surface area contributed by atoms with E-state index in [0.717, 1.165) is 31.6 Å². The van der Waals surface area contributed by atoms with Crippen molar-refractivity contribution in [3.63, 3.8) is 0 Å². The second-order valence-corrected chi connectivity index (χ2v) is 5.24. The predicted octanol–water partition coefficient (Wildman–Crippen LogP) is 2.99. The summed E-state index contributed by atoms with van der Waals surface area (Å²) in [4.78, 5) is 6.48. The molecule has 0 aromatic carbocycles.